The number of nitrogens with zero attached hydrogens (tertiary/aromatic N) is 2. The van der Waals surface area contributed by atoms with E-state index in [-0.39, 0.29) is 18.9 Å². The van der Waals surface area contributed by atoms with Gasteiger partial charge in [0, 0.05) is 40.1 Å². The van der Waals surface area contributed by atoms with Crippen LogP contribution in [-0.2, 0) is 32.6 Å². The Morgan fingerprint density at radius 1 is 0.950 bits per heavy atom. The van der Waals surface area contributed by atoms with Gasteiger partial charge in [0.15, 0.2) is 0 Å². The number of nitrogens with one attached hydrogen (secondary N) is 1. The predicted molar refractivity (Wildman–Crippen MR) is 163 cm³/mol. The van der Waals surface area contributed by atoms with Crippen molar-refractivity contribution in [3.63, 3.8) is 0 Å². The Morgan fingerprint density at radius 3 is 2.17 bits per heavy atom. The van der Waals surface area contributed by atoms with Crippen LogP contribution in [0.5, 0.6) is 0 Å². The van der Waals surface area contributed by atoms with Gasteiger partial charge in [-0.2, -0.15) is 0 Å². The van der Waals surface area contributed by atoms with Crippen LogP contribution in [-0.4, -0.2) is 50.5 Å². The highest BCUT2D eigenvalue weighted by molar-refractivity contribution is 7.92. The van der Waals surface area contributed by atoms with Gasteiger partial charge in [-0.3, -0.25) is 13.9 Å². The van der Waals surface area contributed by atoms with E-state index >= 15 is 0 Å². The molecule has 0 heterocycles. The molecule has 11 heteroatoms. The molecule has 0 fully saturated rings. The van der Waals surface area contributed by atoms with Crippen molar-refractivity contribution < 1.29 is 18.0 Å². The number of carbonyl (C=O) groups excluding carboxylic acids is 2. The van der Waals surface area contributed by atoms with E-state index in [0.717, 1.165) is 16.1 Å². The van der Waals surface area contributed by atoms with Gasteiger partial charge in [0.2, 0.25) is 21.8 Å². The molecule has 1 N–H and O–H groups in total. The normalized spacial score (nSPS) is 12.1. The summed E-state index contributed by atoms with van der Waals surface area (Å²) in [4.78, 5) is 29.0. The molecule has 0 spiro atoms. The van der Waals surface area contributed by atoms with E-state index in [2.05, 4.69) is 5.32 Å². The van der Waals surface area contributed by atoms with Crippen LogP contribution >= 0.6 is 34.8 Å². The van der Waals surface area contributed by atoms with Crippen LogP contribution in [0.4, 0.5) is 5.69 Å². The molecule has 214 valence electrons. The van der Waals surface area contributed by atoms with Gasteiger partial charge in [-0.15, -0.1) is 0 Å². The van der Waals surface area contributed by atoms with Gasteiger partial charge in [0.1, 0.15) is 12.6 Å². The zero-order chi connectivity index (χ0) is 29.4. The molecule has 3 aromatic carbocycles. The van der Waals surface area contributed by atoms with Crippen molar-refractivity contribution in [3.8, 4) is 0 Å². The number of rotatable bonds is 12. The Morgan fingerprint density at radius 2 is 1.60 bits per heavy atom. The van der Waals surface area contributed by atoms with Crippen LogP contribution in [0.3, 0.4) is 0 Å². The van der Waals surface area contributed by atoms with E-state index in [0.29, 0.717) is 44.8 Å². The maximum absolute atomic E-state index is 14.1. The van der Waals surface area contributed by atoms with Gasteiger partial charge in [-0.1, -0.05) is 78.1 Å². The third-order valence-corrected chi connectivity index (χ3v) is 8.39. The molecule has 1 unspecified atom stereocenters. The fourth-order valence-electron chi connectivity index (χ4n) is 4.27. The number of carbonyl (C=O) groups is 2. The third-order valence-electron chi connectivity index (χ3n) is 6.32. The van der Waals surface area contributed by atoms with Crippen LogP contribution in [0, 0.1) is 6.92 Å². The summed E-state index contributed by atoms with van der Waals surface area (Å²) in [5.41, 5.74) is 2.17. The van der Waals surface area contributed by atoms with E-state index in [1.54, 1.807) is 43.3 Å². The minimum absolute atomic E-state index is 0.106. The highest BCUT2D eigenvalue weighted by atomic mass is 35.5. The molecule has 40 heavy (non-hydrogen) atoms. The van der Waals surface area contributed by atoms with Gasteiger partial charge >= 0.3 is 0 Å². The Balaban J connectivity index is 2.11. The fourth-order valence-corrected chi connectivity index (χ4v) is 5.92. The molecular formula is C29H32Cl3N3O4S. The van der Waals surface area contributed by atoms with E-state index in [9.17, 15) is 18.0 Å². The first-order valence-corrected chi connectivity index (χ1v) is 15.7. The number of sulfonamides is 1. The molecule has 0 aliphatic rings. The molecule has 3 rings (SSSR count). The lowest BCUT2D eigenvalue weighted by Crippen LogP contribution is -2.53. The summed E-state index contributed by atoms with van der Waals surface area (Å²) in [7, 11) is -3.90. The summed E-state index contributed by atoms with van der Waals surface area (Å²) < 4.78 is 26.9. The SMILES string of the molecule is CCCNC(=O)C(Cc1ccccc1)N(Cc1c(Cl)cccc1Cl)C(=O)CN(c1ccc(Cl)cc1C)S(C)(=O)=O. The van der Waals surface area contributed by atoms with Crippen LogP contribution in [0.15, 0.2) is 66.7 Å². The first-order valence-electron chi connectivity index (χ1n) is 12.7. The molecule has 1 atom stereocenters. The second-order valence-corrected chi connectivity index (χ2v) is 12.6. The average molecular weight is 625 g/mol. The summed E-state index contributed by atoms with van der Waals surface area (Å²) in [6.07, 6.45) is 1.92. The molecule has 3 aromatic rings. The second-order valence-electron chi connectivity index (χ2n) is 9.42. The molecule has 0 aliphatic carbocycles. The first-order chi connectivity index (χ1) is 18.9. The number of benzene rings is 3. The predicted octanol–water partition coefficient (Wildman–Crippen LogP) is 5.89. The van der Waals surface area contributed by atoms with Gasteiger partial charge in [0.25, 0.3) is 0 Å². The van der Waals surface area contributed by atoms with Crippen LogP contribution in [0.2, 0.25) is 15.1 Å². The molecule has 0 aromatic heterocycles. The quantitative estimate of drug-likeness (QED) is 0.272. The van der Waals surface area contributed by atoms with Crippen molar-refractivity contribution in [2.24, 2.45) is 0 Å². The minimum atomic E-state index is -3.90. The molecule has 0 saturated carbocycles. The molecule has 0 radical (unpaired) electrons. The highest BCUT2D eigenvalue weighted by Gasteiger charge is 2.34. The van der Waals surface area contributed by atoms with Crippen molar-refractivity contribution in [2.45, 2.75) is 39.3 Å². The van der Waals surface area contributed by atoms with E-state index < -0.39 is 28.5 Å². The van der Waals surface area contributed by atoms with Crippen LogP contribution < -0.4 is 9.62 Å². The molecule has 2 amide bonds. The lowest BCUT2D eigenvalue weighted by molar-refractivity contribution is -0.140. The fraction of sp³-hybridized carbons (Fsp3) is 0.310. The number of aryl methyl sites for hydroxylation is 1. The van der Waals surface area contributed by atoms with E-state index in [4.69, 9.17) is 34.8 Å². The molecular weight excluding hydrogens is 593 g/mol. The van der Waals surface area contributed by atoms with Crippen molar-refractivity contribution in [3.05, 3.63) is 98.5 Å². The average Bonchev–Trinajstić information content (AvgIpc) is 2.89. The largest absolute Gasteiger partial charge is 0.354 e. The maximum atomic E-state index is 14.1. The van der Waals surface area contributed by atoms with Crippen molar-refractivity contribution >= 4 is 62.3 Å². The van der Waals surface area contributed by atoms with Crippen LogP contribution in [0.1, 0.15) is 30.0 Å². The summed E-state index contributed by atoms with van der Waals surface area (Å²) in [5.74, 6) is -0.959. The molecule has 0 bridgehead atoms. The van der Waals surface area contributed by atoms with Crippen molar-refractivity contribution in [2.75, 3.05) is 23.7 Å². The maximum Gasteiger partial charge on any atom is 0.244 e. The Labute approximate surface area is 251 Å². The lowest BCUT2D eigenvalue weighted by atomic mass is 10.0. The zero-order valence-electron chi connectivity index (χ0n) is 22.5. The van der Waals surface area contributed by atoms with E-state index in [1.165, 1.54) is 4.90 Å². The number of amides is 2. The number of hydrogen-bond acceptors (Lipinski definition) is 4. The minimum Gasteiger partial charge on any atom is -0.354 e. The number of hydrogen-bond donors (Lipinski definition) is 1. The Kier molecular flexibility index (Phi) is 11.3. The zero-order valence-corrected chi connectivity index (χ0v) is 25.6. The van der Waals surface area contributed by atoms with Crippen LogP contribution in [0.25, 0.3) is 0 Å². The topological polar surface area (TPSA) is 86.8 Å². The Hall–Kier alpha value is -2.78. The monoisotopic (exact) mass is 623 g/mol. The van der Waals surface area contributed by atoms with Gasteiger partial charge in [-0.05, 0) is 54.8 Å². The standard InChI is InChI=1S/C29H32Cl3N3O4S/c1-4-15-33-29(37)27(17-21-9-6-5-7-10-21)34(18-23-24(31)11-8-12-25(23)32)28(36)19-35(40(3,38)39)26-14-13-22(30)16-20(26)2/h5-14,16,27H,4,15,17-19H2,1-3H3,(H,33,37). The third kappa shape index (κ3) is 8.36. The number of anilines is 1. The smallest absolute Gasteiger partial charge is 0.244 e. The lowest BCUT2D eigenvalue weighted by Gasteiger charge is -2.34. The van der Waals surface area contributed by atoms with Gasteiger partial charge in [0.05, 0.1) is 11.9 Å². The summed E-state index contributed by atoms with van der Waals surface area (Å²) in [6, 6.07) is 18.0. The van der Waals surface area contributed by atoms with Gasteiger partial charge < -0.3 is 10.2 Å². The summed E-state index contributed by atoms with van der Waals surface area (Å²) in [6.45, 7) is 3.40. The molecule has 7 nitrogen and oxygen atoms in total. The molecule has 0 saturated heterocycles. The second kappa shape index (κ2) is 14.2. The summed E-state index contributed by atoms with van der Waals surface area (Å²) in [5, 5.41) is 3.98. The van der Waals surface area contributed by atoms with Crippen molar-refractivity contribution in [1.82, 2.24) is 10.2 Å². The Bertz CT molecular complexity index is 1430. The summed E-state index contributed by atoms with van der Waals surface area (Å²) >= 11 is 19.0. The number of halogens is 3. The van der Waals surface area contributed by atoms with Crippen molar-refractivity contribution in [1.29, 1.82) is 0 Å². The molecule has 0 aliphatic heterocycles. The van der Waals surface area contributed by atoms with Gasteiger partial charge in [-0.25, -0.2) is 8.42 Å². The first kappa shape index (κ1) is 31.7. The highest BCUT2D eigenvalue weighted by Crippen LogP contribution is 2.29. The van der Waals surface area contributed by atoms with E-state index in [1.807, 2.05) is 37.3 Å².